The second kappa shape index (κ2) is 2.72. The minimum Gasteiger partial charge on any atom is -0.494 e. The van der Waals surface area contributed by atoms with Crippen molar-refractivity contribution in [2.45, 2.75) is 27.7 Å². The third-order valence-corrected chi connectivity index (χ3v) is 1.94. The van der Waals surface area contributed by atoms with Gasteiger partial charge in [0.1, 0.15) is 6.61 Å². The number of hydrogen-bond donors (Lipinski definition) is 0. The monoisotopic (exact) mass is 152 g/mol. The lowest BCUT2D eigenvalue weighted by Gasteiger charge is -2.25. The van der Waals surface area contributed by atoms with E-state index in [4.69, 9.17) is 4.74 Å². The van der Waals surface area contributed by atoms with Gasteiger partial charge in [-0.25, -0.2) is 0 Å². The van der Waals surface area contributed by atoms with Crippen molar-refractivity contribution in [3.8, 4) is 0 Å². The fourth-order valence-electron chi connectivity index (χ4n) is 0.972. The number of rotatable bonds is 0. The van der Waals surface area contributed by atoms with Crippen LogP contribution < -0.4 is 0 Å². The molecule has 1 aliphatic heterocycles. The van der Waals surface area contributed by atoms with Crippen LogP contribution >= 0.6 is 0 Å². The summed E-state index contributed by atoms with van der Waals surface area (Å²) in [6.07, 6.45) is 4.20. The minimum absolute atomic E-state index is 0.247. The molecule has 0 spiro atoms. The first-order valence-corrected chi connectivity index (χ1v) is 4.01. The Bertz CT molecular complexity index is 203. The molecule has 0 aromatic carbocycles. The van der Waals surface area contributed by atoms with Gasteiger partial charge in [-0.05, 0) is 24.0 Å². The van der Waals surface area contributed by atoms with E-state index in [-0.39, 0.29) is 5.41 Å². The summed E-state index contributed by atoms with van der Waals surface area (Å²) in [6.45, 7) is 9.35. The van der Waals surface area contributed by atoms with E-state index in [1.165, 1.54) is 5.57 Å². The van der Waals surface area contributed by atoms with E-state index in [9.17, 15) is 0 Å². The van der Waals surface area contributed by atoms with Crippen LogP contribution in [-0.4, -0.2) is 6.61 Å². The second-order valence-corrected chi connectivity index (χ2v) is 4.01. The van der Waals surface area contributed by atoms with Gasteiger partial charge in [0.2, 0.25) is 0 Å². The summed E-state index contributed by atoms with van der Waals surface area (Å²) in [5.41, 5.74) is 1.61. The third kappa shape index (κ3) is 2.11. The molecule has 0 aliphatic carbocycles. The molecule has 1 heterocycles. The Labute approximate surface area is 68.8 Å². The molecule has 0 amide bonds. The molecule has 1 rings (SSSR count). The van der Waals surface area contributed by atoms with Gasteiger partial charge in [-0.3, -0.25) is 0 Å². The van der Waals surface area contributed by atoms with Gasteiger partial charge < -0.3 is 4.74 Å². The summed E-state index contributed by atoms with van der Waals surface area (Å²) < 4.78 is 5.41. The van der Waals surface area contributed by atoms with Crippen LogP contribution in [0.4, 0.5) is 0 Å². The van der Waals surface area contributed by atoms with Gasteiger partial charge in [-0.1, -0.05) is 26.8 Å². The molecule has 0 bridgehead atoms. The molecule has 0 saturated heterocycles. The summed E-state index contributed by atoms with van der Waals surface area (Å²) in [4.78, 5) is 0. The minimum atomic E-state index is 0.247. The molecular weight excluding hydrogens is 136 g/mol. The first-order chi connectivity index (χ1) is 5.00. The Morgan fingerprint density at radius 3 is 2.27 bits per heavy atom. The Morgan fingerprint density at radius 2 is 1.91 bits per heavy atom. The maximum atomic E-state index is 5.41. The third-order valence-electron chi connectivity index (χ3n) is 1.94. The van der Waals surface area contributed by atoms with Gasteiger partial charge in [0.15, 0.2) is 0 Å². The van der Waals surface area contributed by atoms with Crippen LogP contribution in [0.5, 0.6) is 0 Å². The zero-order chi connectivity index (χ0) is 8.48. The molecule has 1 aliphatic rings. The van der Waals surface area contributed by atoms with Gasteiger partial charge in [-0.15, -0.1) is 0 Å². The van der Waals surface area contributed by atoms with Crippen LogP contribution in [0.15, 0.2) is 23.5 Å². The number of hydrogen-bond acceptors (Lipinski definition) is 1. The summed E-state index contributed by atoms with van der Waals surface area (Å²) in [7, 11) is 0. The fraction of sp³-hybridized carbons (Fsp3) is 0.600. The van der Waals surface area contributed by atoms with Gasteiger partial charge >= 0.3 is 0 Å². The molecule has 0 aromatic heterocycles. The van der Waals surface area contributed by atoms with E-state index >= 15 is 0 Å². The highest BCUT2D eigenvalue weighted by Gasteiger charge is 2.18. The average molecular weight is 152 g/mol. The number of allylic oxidation sites excluding steroid dienone is 3. The van der Waals surface area contributed by atoms with Crippen LogP contribution in [0.25, 0.3) is 0 Å². The molecule has 0 atom stereocenters. The molecule has 1 heteroatoms. The molecule has 62 valence electrons. The Morgan fingerprint density at radius 1 is 1.27 bits per heavy atom. The molecule has 0 saturated carbocycles. The molecule has 0 fully saturated rings. The first-order valence-electron chi connectivity index (χ1n) is 4.01. The zero-order valence-corrected chi connectivity index (χ0v) is 7.77. The maximum absolute atomic E-state index is 5.41. The highest BCUT2D eigenvalue weighted by molar-refractivity contribution is 5.23. The molecule has 1 nitrogen and oxygen atoms in total. The highest BCUT2D eigenvalue weighted by atomic mass is 16.5. The highest BCUT2D eigenvalue weighted by Crippen LogP contribution is 2.27. The van der Waals surface area contributed by atoms with Gasteiger partial charge in [0.25, 0.3) is 0 Å². The van der Waals surface area contributed by atoms with Crippen molar-refractivity contribution in [3.05, 3.63) is 23.5 Å². The molecule has 0 radical (unpaired) electrons. The van der Waals surface area contributed by atoms with Crippen LogP contribution in [0.3, 0.4) is 0 Å². The smallest absolute Gasteiger partial charge is 0.110 e. The van der Waals surface area contributed by atoms with Crippen molar-refractivity contribution < 1.29 is 4.74 Å². The lowest BCUT2D eigenvalue weighted by Crippen LogP contribution is -2.16. The van der Waals surface area contributed by atoms with Crippen molar-refractivity contribution in [3.63, 3.8) is 0 Å². The van der Waals surface area contributed by atoms with Gasteiger partial charge in [0, 0.05) is 0 Å². The summed E-state index contributed by atoms with van der Waals surface area (Å²) in [5.74, 6) is 1.01. The normalized spacial score (nSPS) is 18.5. The van der Waals surface area contributed by atoms with Crippen molar-refractivity contribution in [1.82, 2.24) is 0 Å². The largest absolute Gasteiger partial charge is 0.494 e. The van der Waals surface area contributed by atoms with Crippen molar-refractivity contribution in [1.29, 1.82) is 0 Å². The summed E-state index contributed by atoms with van der Waals surface area (Å²) in [5, 5.41) is 0. The number of ether oxygens (including phenoxy) is 1. The van der Waals surface area contributed by atoms with Crippen molar-refractivity contribution in [2.24, 2.45) is 5.41 Å². The topological polar surface area (TPSA) is 9.23 Å². The van der Waals surface area contributed by atoms with E-state index in [0.29, 0.717) is 0 Å². The van der Waals surface area contributed by atoms with Crippen LogP contribution in [0.2, 0.25) is 0 Å². The van der Waals surface area contributed by atoms with E-state index in [2.05, 4.69) is 26.8 Å². The molecule has 0 unspecified atom stereocenters. The lowest BCUT2D eigenvalue weighted by atomic mass is 9.86. The Kier molecular flexibility index (Phi) is 2.08. The van der Waals surface area contributed by atoms with Crippen LogP contribution in [0, 0.1) is 5.41 Å². The van der Waals surface area contributed by atoms with Crippen molar-refractivity contribution in [2.75, 3.05) is 6.61 Å². The Balaban J connectivity index is 2.77. The second-order valence-electron chi connectivity index (χ2n) is 4.01. The van der Waals surface area contributed by atoms with Gasteiger partial charge in [-0.2, -0.15) is 0 Å². The molecular formula is C10H16O. The Hall–Kier alpha value is -0.720. The SMILES string of the molecule is CC1=CC=C(C(C)(C)C)CO1. The molecule has 11 heavy (non-hydrogen) atoms. The van der Waals surface area contributed by atoms with E-state index in [1.54, 1.807) is 0 Å². The van der Waals surface area contributed by atoms with E-state index < -0.39 is 0 Å². The maximum Gasteiger partial charge on any atom is 0.110 e. The zero-order valence-electron chi connectivity index (χ0n) is 7.77. The van der Waals surface area contributed by atoms with Crippen LogP contribution in [0.1, 0.15) is 27.7 Å². The predicted octanol–water partition coefficient (Wildman–Crippen LogP) is 2.89. The lowest BCUT2D eigenvalue weighted by molar-refractivity contribution is 0.216. The van der Waals surface area contributed by atoms with E-state index in [1.807, 2.05) is 13.0 Å². The average Bonchev–Trinajstić information content (AvgIpc) is 1.86. The first kappa shape index (κ1) is 8.38. The molecule has 0 N–H and O–H groups in total. The van der Waals surface area contributed by atoms with Crippen molar-refractivity contribution >= 4 is 0 Å². The van der Waals surface area contributed by atoms with Gasteiger partial charge in [0.05, 0.1) is 5.76 Å². The van der Waals surface area contributed by atoms with Crippen LogP contribution in [-0.2, 0) is 4.74 Å². The predicted molar refractivity (Wildman–Crippen MR) is 47.2 cm³/mol. The van der Waals surface area contributed by atoms with E-state index in [0.717, 1.165) is 12.4 Å². The quantitative estimate of drug-likeness (QED) is 0.518. The molecule has 0 aromatic rings. The summed E-state index contributed by atoms with van der Waals surface area (Å²) >= 11 is 0. The summed E-state index contributed by atoms with van der Waals surface area (Å²) in [6, 6.07) is 0. The fourth-order valence-corrected chi connectivity index (χ4v) is 0.972. The standard InChI is InChI=1S/C10H16O/c1-8-5-6-9(7-11-8)10(2,3)4/h5-6H,7H2,1-4H3.